The lowest BCUT2D eigenvalue weighted by atomic mass is 9.62. The van der Waals surface area contributed by atoms with E-state index in [-0.39, 0.29) is 5.78 Å². The van der Waals surface area contributed by atoms with E-state index in [1.54, 1.807) is 6.26 Å². The summed E-state index contributed by atoms with van der Waals surface area (Å²) >= 11 is 0. The van der Waals surface area contributed by atoms with E-state index in [4.69, 9.17) is 13.7 Å². The molecule has 0 fully saturated rings. The normalized spacial score (nSPS) is 19.3. The number of aromatic nitrogens is 1. The third-order valence-corrected chi connectivity index (χ3v) is 6.22. The standard InChI is InChI=1S/C25H19NO4/c27-24-17-9-4-10-18(29-15-16-7-2-1-3-8-16)21(17)23-22-19(30-26-23)11-5-13-25(22,24)20-12-6-14-28-20/h1-4,6-10,12,14H,5,11,13,15H2/t25-/m0/s1. The Morgan fingerprint density at radius 1 is 1.03 bits per heavy atom. The molecule has 0 radical (unpaired) electrons. The van der Waals surface area contributed by atoms with Crippen LogP contribution in [-0.4, -0.2) is 10.9 Å². The molecule has 0 N–H and O–H groups in total. The minimum Gasteiger partial charge on any atom is -0.488 e. The van der Waals surface area contributed by atoms with Crippen LogP contribution in [-0.2, 0) is 18.4 Å². The van der Waals surface area contributed by atoms with Crippen LogP contribution < -0.4 is 4.74 Å². The molecule has 1 atom stereocenters. The molecule has 0 spiro atoms. The van der Waals surface area contributed by atoms with Crippen molar-refractivity contribution in [1.29, 1.82) is 0 Å². The van der Waals surface area contributed by atoms with E-state index in [0.717, 1.165) is 29.7 Å². The highest BCUT2D eigenvalue weighted by atomic mass is 16.5. The number of ether oxygens (including phenoxy) is 1. The molecule has 0 aliphatic heterocycles. The monoisotopic (exact) mass is 397 g/mol. The molecule has 6 rings (SSSR count). The number of rotatable bonds is 4. The summed E-state index contributed by atoms with van der Waals surface area (Å²) in [5.41, 5.74) is 3.04. The molecule has 2 aromatic carbocycles. The number of carbonyl (C=O) groups is 1. The fourth-order valence-corrected chi connectivity index (χ4v) is 4.90. The minimum absolute atomic E-state index is 0.0225. The minimum atomic E-state index is -0.878. The van der Waals surface area contributed by atoms with Crippen molar-refractivity contribution in [2.75, 3.05) is 0 Å². The first-order chi connectivity index (χ1) is 14.8. The SMILES string of the molecule is O=C1c2cccc(OCc3ccccc3)c2-c2noc3c2[C@@]1(c1ccco1)CCC3. The summed E-state index contributed by atoms with van der Waals surface area (Å²) in [6.07, 6.45) is 3.90. The Morgan fingerprint density at radius 3 is 2.77 bits per heavy atom. The van der Waals surface area contributed by atoms with Crippen molar-refractivity contribution in [3.63, 3.8) is 0 Å². The molecule has 2 aliphatic carbocycles. The first kappa shape index (κ1) is 17.3. The van der Waals surface area contributed by atoms with Gasteiger partial charge in [0.15, 0.2) is 5.78 Å². The lowest BCUT2D eigenvalue weighted by molar-refractivity contribution is 0.0873. The topological polar surface area (TPSA) is 65.5 Å². The number of carbonyl (C=O) groups excluding carboxylic acids is 1. The molecule has 0 saturated heterocycles. The Balaban J connectivity index is 1.52. The lowest BCUT2D eigenvalue weighted by Crippen LogP contribution is -2.42. The van der Waals surface area contributed by atoms with Gasteiger partial charge in [0, 0.05) is 17.5 Å². The van der Waals surface area contributed by atoms with E-state index < -0.39 is 5.41 Å². The predicted octanol–water partition coefficient (Wildman–Crippen LogP) is 5.33. The Labute approximate surface area is 173 Å². The van der Waals surface area contributed by atoms with Gasteiger partial charge in [-0.05, 0) is 36.6 Å². The zero-order valence-corrected chi connectivity index (χ0v) is 16.3. The second kappa shape index (κ2) is 6.46. The zero-order valence-electron chi connectivity index (χ0n) is 16.3. The maximum atomic E-state index is 14.0. The Bertz CT molecular complexity index is 1240. The highest BCUT2D eigenvalue weighted by Gasteiger charge is 2.55. The molecule has 0 bridgehead atoms. The summed E-state index contributed by atoms with van der Waals surface area (Å²) in [4.78, 5) is 14.0. The van der Waals surface area contributed by atoms with Crippen molar-refractivity contribution < 1.29 is 18.5 Å². The fraction of sp³-hybridized carbons (Fsp3) is 0.200. The van der Waals surface area contributed by atoms with Gasteiger partial charge in [-0.15, -0.1) is 0 Å². The van der Waals surface area contributed by atoms with E-state index >= 15 is 0 Å². The maximum Gasteiger partial charge on any atom is 0.182 e. The largest absolute Gasteiger partial charge is 0.488 e. The van der Waals surface area contributed by atoms with Gasteiger partial charge >= 0.3 is 0 Å². The predicted molar refractivity (Wildman–Crippen MR) is 109 cm³/mol. The second-order valence-electron chi connectivity index (χ2n) is 7.85. The third kappa shape index (κ3) is 2.29. The molecule has 0 unspecified atom stereocenters. The van der Waals surface area contributed by atoms with Crippen molar-refractivity contribution >= 4 is 5.78 Å². The van der Waals surface area contributed by atoms with Crippen molar-refractivity contribution in [2.24, 2.45) is 0 Å². The third-order valence-electron chi connectivity index (χ3n) is 6.22. The number of nitrogens with zero attached hydrogens (tertiary/aromatic N) is 1. The number of ketones is 1. The van der Waals surface area contributed by atoms with Crippen molar-refractivity contribution in [3.8, 4) is 17.0 Å². The molecular weight excluding hydrogens is 378 g/mol. The first-order valence-electron chi connectivity index (χ1n) is 10.2. The highest BCUT2D eigenvalue weighted by Crippen LogP contribution is 2.54. The fourth-order valence-electron chi connectivity index (χ4n) is 4.90. The number of hydrogen-bond donors (Lipinski definition) is 0. The Hall–Kier alpha value is -3.60. The second-order valence-corrected chi connectivity index (χ2v) is 7.85. The average molecular weight is 397 g/mol. The summed E-state index contributed by atoms with van der Waals surface area (Å²) in [6, 6.07) is 19.3. The van der Waals surface area contributed by atoms with Crippen molar-refractivity contribution in [2.45, 2.75) is 31.3 Å². The molecule has 5 nitrogen and oxygen atoms in total. The van der Waals surface area contributed by atoms with E-state index in [9.17, 15) is 4.79 Å². The molecule has 0 saturated carbocycles. The number of Topliss-reactive ketones (excluding diaryl/α,β-unsaturated/α-hetero) is 1. The summed E-state index contributed by atoms with van der Waals surface area (Å²) < 4.78 is 17.7. The smallest absolute Gasteiger partial charge is 0.182 e. The number of benzene rings is 2. The van der Waals surface area contributed by atoms with Crippen LogP contribution in [0.25, 0.3) is 11.3 Å². The van der Waals surface area contributed by atoms with E-state index in [0.29, 0.717) is 41.4 Å². The highest BCUT2D eigenvalue weighted by molar-refractivity contribution is 6.15. The van der Waals surface area contributed by atoms with Gasteiger partial charge in [0.2, 0.25) is 0 Å². The molecule has 5 heteroatoms. The molecule has 148 valence electrons. The molecule has 30 heavy (non-hydrogen) atoms. The summed E-state index contributed by atoms with van der Waals surface area (Å²) in [6.45, 7) is 0.412. The van der Waals surface area contributed by atoms with Crippen LogP contribution in [0.2, 0.25) is 0 Å². The Kier molecular flexibility index (Phi) is 3.72. The Morgan fingerprint density at radius 2 is 1.93 bits per heavy atom. The van der Waals surface area contributed by atoms with Crippen LogP contribution in [0.5, 0.6) is 5.75 Å². The summed E-state index contributed by atoms with van der Waals surface area (Å²) in [7, 11) is 0. The van der Waals surface area contributed by atoms with E-state index in [2.05, 4.69) is 5.16 Å². The molecule has 0 amide bonds. The zero-order chi connectivity index (χ0) is 20.1. The average Bonchev–Trinajstić information content (AvgIpc) is 3.48. The van der Waals surface area contributed by atoms with Crippen molar-refractivity contribution in [3.05, 3.63) is 95.1 Å². The van der Waals surface area contributed by atoms with Crippen LogP contribution in [0.4, 0.5) is 0 Å². The first-order valence-corrected chi connectivity index (χ1v) is 10.2. The van der Waals surface area contributed by atoms with Gasteiger partial charge in [0.1, 0.15) is 35.0 Å². The van der Waals surface area contributed by atoms with Crippen LogP contribution in [0.15, 0.2) is 75.9 Å². The van der Waals surface area contributed by atoms with Crippen molar-refractivity contribution in [1.82, 2.24) is 5.16 Å². The molecule has 4 aromatic rings. The molecule has 2 aromatic heterocycles. The van der Waals surface area contributed by atoms with Gasteiger partial charge < -0.3 is 13.7 Å². The van der Waals surface area contributed by atoms with Gasteiger partial charge in [-0.2, -0.15) is 0 Å². The van der Waals surface area contributed by atoms with Gasteiger partial charge in [-0.3, -0.25) is 4.79 Å². The number of furan rings is 1. The van der Waals surface area contributed by atoms with Crippen LogP contribution in [0.1, 0.15) is 45.8 Å². The van der Waals surface area contributed by atoms with Gasteiger partial charge in [-0.1, -0.05) is 47.6 Å². The van der Waals surface area contributed by atoms with Crippen LogP contribution >= 0.6 is 0 Å². The quantitative estimate of drug-likeness (QED) is 0.465. The van der Waals surface area contributed by atoms with E-state index in [1.807, 2.05) is 60.7 Å². The number of fused-ring (bicyclic) bond motifs is 2. The van der Waals surface area contributed by atoms with Gasteiger partial charge in [0.25, 0.3) is 0 Å². The molecule has 2 aliphatic rings. The number of aryl methyl sites for hydroxylation is 1. The van der Waals surface area contributed by atoms with Crippen LogP contribution in [0, 0.1) is 0 Å². The maximum absolute atomic E-state index is 14.0. The van der Waals surface area contributed by atoms with Gasteiger partial charge in [-0.25, -0.2) is 0 Å². The molecule has 2 heterocycles. The summed E-state index contributed by atoms with van der Waals surface area (Å²) in [5.74, 6) is 2.08. The summed E-state index contributed by atoms with van der Waals surface area (Å²) in [5, 5.41) is 4.42. The lowest BCUT2D eigenvalue weighted by Gasteiger charge is -2.37. The van der Waals surface area contributed by atoms with Crippen LogP contribution in [0.3, 0.4) is 0 Å². The van der Waals surface area contributed by atoms with E-state index in [1.165, 1.54) is 0 Å². The number of hydrogen-bond acceptors (Lipinski definition) is 5. The van der Waals surface area contributed by atoms with Gasteiger partial charge in [0.05, 0.1) is 11.8 Å². The molecular formula is C25H19NO4.